The van der Waals surface area contributed by atoms with E-state index >= 15 is 0 Å². The molecule has 1 aromatic heterocycles. The number of hydrogen-bond donors (Lipinski definition) is 2. The first-order valence-electron chi connectivity index (χ1n) is 5.95. The lowest BCUT2D eigenvalue weighted by molar-refractivity contribution is -0.137. The Kier molecular flexibility index (Phi) is 4.39. The van der Waals surface area contributed by atoms with Crippen LogP contribution in [0.4, 0.5) is 13.2 Å². The Balaban J connectivity index is 2.32. The lowest BCUT2D eigenvalue weighted by Crippen LogP contribution is -2.29. The number of ether oxygens (including phenoxy) is 1. The summed E-state index contributed by atoms with van der Waals surface area (Å²) in [5, 5.41) is 0. The van der Waals surface area contributed by atoms with Gasteiger partial charge < -0.3 is 4.74 Å². The summed E-state index contributed by atoms with van der Waals surface area (Å²) in [4.78, 5) is 7.91. The number of hydrazine groups is 1. The van der Waals surface area contributed by atoms with Gasteiger partial charge in [-0.25, -0.2) is 15.4 Å². The molecule has 2 aromatic rings. The normalized spacial score (nSPS) is 13.0. The number of alkyl halides is 3. The van der Waals surface area contributed by atoms with Crippen LogP contribution in [0.15, 0.2) is 36.7 Å². The van der Waals surface area contributed by atoms with Crippen molar-refractivity contribution in [3.05, 3.63) is 53.5 Å². The van der Waals surface area contributed by atoms with Crippen molar-refractivity contribution >= 4 is 0 Å². The molecule has 0 bridgehead atoms. The highest BCUT2D eigenvalue weighted by molar-refractivity contribution is 5.32. The van der Waals surface area contributed by atoms with E-state index in [1.54, 1.807) is 6.07 Å². The average Bonchev–Trinajstić information content (AvgIpc) is 2.48. The summed E-state index contributed by atoms with van der Waals surface area (Å²) in [6.45, 7) is 0. The van der Waals surface area contributed by atoms with E-state index < -0.39 is 17.8 Å². The van der Waals surface area contributed by atoms with Crippen LogP contribution < -0.4 is 16.0 Å². The van der Waals surface area contributed by atoms with Gasteiger partial charge in [-0.2, -0.15) is 13.2 Å². The molecule has 0 aliphatic carbocycles. The van der Waals surface area contributed by atoms with Crippen molar-refractivity contribution in [3.63, 3.8) is 0 Å². The van der Waals surface area contributed by atoms with Crippen LogP contribution in [0.1, 0.15) is 22.9 Å². The fourth-order valence-corrected chi connectivity index (χ4v) is 1.84. The molecule has 5 nitrogen and oxygen atoms in total. The first-order chi connectivity index (χ1) is 9.95. The van der Waals surface area contributed by atoms with Crippen molar-refractivity contribution in [1.82, 2.24) is 15.4 Å². The van der Waals surface area contributed by atoms with Gasteiger partial charge in [-0.15, -0.1) is 0 Å². The molecule has 3 N–H and O–H groups in total. The quantitative estimate of drug-likeness (QED) is 0.667. The third-order valence-electron chi connectivity index (χ3n) is 2.91. The van der Waals surface area contributed by atoms with Gasteiger partial charge in [-0.05, 0) is 17.7 Å². The molecule has 0 spiro atoms. The second-order valence-electron chi connectivity index (χ2n) is 4.20. The number of aromatic nitrogens is 2. The van der Waals surface area contributed by atoms with E-state index in [9.17, 15) is 13.2 Å². The van der Waals surface area contributed by atoms with E-state index in [4.69, 9.17) is 10.6 Å². The predicted octanol–water partition coefficient (Wildman–Crippen LogP) is 2.06. The number of hydrogen-bond acceptors (Lipinski definition) is 5. The zero-order valence-electron chi connectivity index (χ0n) is 11.1. The molecule has 0 amide bonds. The molecular weight excluding hydrogens is 285 g/mol. The van der Waals surface area contributed by atoms with Gasteiger partial charge in [0.05, 0.1) is 24.4 Å². The van der Waals surface area contributed by atoms with Crippen molar-refractivity contribution < 1.29 is 17.9 Å². The maximum atomic E-state index is 12.5. The Morgan fingerprint density at radius 2 is 1.86 bits per heavy atom. The maximum Gasteiger partial charge on any atom is 0.416 e. The van der Waals surface area contributed by atoms with E-state index in [0.717, 1.165) is 12.1 Å². The zero-order valence-corrected chi connectivity index (χ0v) is 11.1. The molecule has 1 aromatic carbocycles. The number of rotatable bonds is 4. The van der Waals surface area contributed by atoms with Gasteiger partial charge in [0.1, 0.15) is 6.33 Å². The van der Waals surface area contributed by atoms with Gasteiger partial charge in [0.25, 0.3) is 0 Å². The monoisotopic (exact) mass is 298 g/mol. The summed E-state index contributed by atoms with van der Waals surface area (Å²) in [7, 11) is 1.45. The number of methoxy groups -OCH3 is 1. The molecular formula is C13H13F3N4O. The minimum absolute atomic E-state index is 0.340. The number of nitrogens with two attached hydrogens (primary N) is 1. The van der Waals surface area contributed by atoms with E-state index in [1.165, 1.54) is 25.6 Å². The first kappa shape index (κ1) is 15.2. The van der Waals surface area contributed by atoms with Gasteiger partial charge in [-0.3, -0.25) is 5.84 Å². The van der Waals surface area contributed by atoms with Crippen LogP contribution in [0.3, 0.4) is 0 Å². The van der Waals surface area contributed by atoms with Crippen molar-refractivity contribution in [2.45, 2.75) is 12.2 Å². The number of halogens is 3. The first-order valence-corrected chi connectivity index (χ1v) is 5.95. The molecule has 0 radical (unpaired) electrons. The molecule has 21 heavy (non-hydrogen) atoms. The largest absolute Gasteiger partial charge is 0.481 e. The molecule has 8 heteroatoms. The fourth-order valence-electron chi connectivity index (χ4n) is 1.84. The highest BCUT2D eigenvalue weighted by atomic mass is 19.4. The molecule has 1 heterocycles. The molecule has 2 rings (SSSR count). The SMILES string of the molecule is COc1cc(C(NN)c2ccc(C(F)(F)F)cc2)ncn1. The van der Waals surface area contributed by atoms with Crippen LogP contribution in [-0.2, 0) is 6.18 Å². The van der Waals surface area contributed by atoms with Gasteiger partial charge in [0.15, 0.2) is 0 Å². The minimum Gasteiger partial charge on any atom is -0.481 e. The highest BCUT2D eigenvalue weighted by Crippen LogP contribution is 2.30. The molecule has 0 aliphatic rings. The van der Waals surface area contributed by atoms with Crippen molar-refractivity contribution in [3.8, 4) is 5.88 Å². The second kappa shape index (κ2) is 6.06. The van der Waals surface area contributed by atoms with E-state index in [-0.39, 0.29) is 0 Å². The summed E-state index contributed by atoms with van der Waals surface area (Å²) in [6.07, 6.45) is -3.08. The number of nitrogens with zero attached hydrogens (tertiary/aromatic N) is 2. The van der Waals surface area contributed by atoms with E-state index in [0.29, 0.717) is 17.1 Å². The number of nitrogens with one attached hydrogen (secondary N) is 1. The molecule has 1 unspecified atom stereocenters. The third kappa shape index (κ3) is 3.47. The Morgan fingerprint density at radius 1 is 1.19 bits per heavy atom. The van der Waals surface area contributed by atoms with E-state index in [2.05, 4.69) is 15.4 Å². The Labute approximate surface area is 118 Å². The molecule has 0 aliphatic heterocycles. The van der Waals surface area contributed by atoms with Crippen molar-refractivity contribution in [2.75, 3.05) is 7.11 Å². The van der Waals surface area contributed by atoms with Crippen molar-refractivity contribution in [2.24, 2.45) is 5.84 Å². The summed E-state index contributed by atoms with van der Waals surface area (Å²) in [6, 6.07) is 5.69. The summed E-state index contributed by atoms with van der Waals surface area (Å²) in [5.74, 6) is 5.82. The molecule has 0 fully saturated rings. The summed E-state index contributed by atoms with van der Waals surface area (Å²) >= 11 is 0. The lowest BCUT2D eigenvalue weighted by atomic mass is 10.0. The van der Waals surface area contributed by atoms with Gasteiger partial charge in [0, 0.05) is 6.07 Å². The van der Waals surface area contributed by atoms with E-state index in [1.807, 2.05) is 0 Å². The predicted molar refractivity (Wildman–Crippen MR) is 69.2 cm³/mol. The standard InChI is InChI=1S/C13H13F3N4O/c1-21-11-6-10(18-7-19-11)12(20-17)8-2-4-9(5-3-8)13(14,15)16/h2-7,12,20H,17H2,1H3. The Hall–Kier alpha value is -2.19. The topological polar surface area (TPSA) is 73.1 Å². The van der Waals surface area contributed by atoms with Crippen LogP contribution >= 0.6 is 0 Å². The van der Waals surface area contributed by atoms with Crippen LogP contribution in [0, 0.1) is 0 Å². The molecule has 112 valence electrons. The zero-order chi connectivity index (χ0) is 15.5. The van der Waals surface area contributed by atoms with Crippen molar-refractivity contribution in [1.29, 1.82) is 0 Å². The van der Waals surface area contributed by atoms with Crippen LogP contribution in [0.2, 0.25) is 0 Å². The highest BCUT2D eigenvalue weighted by Gasteiger charge is 2.30. The number of benzene rings is 1. The van der Waals surface area contributed by atoms with Crippen LogP contribution in [0.5, 0.6) is 5.88 Å². The summed E-state index contributed by atoms with van der Waals surface area (Å²) in [5.41, 5.74) is 2.83. The molecule has 0 saturated heterocycles. The Bertz CT molecular complexity index is 601. The lowest BCUT2D eigenvalue weighted by Gasteiger charge is -2.17. The third-order valence-corrected chi connectivity index (χ3v) is 2.91. The average molecular weight is 298 g/mol. The smallest absolute Gasteiger partial charge is 0.416 e. The fraction of sp³-hybridized carbons (Fsp3) is 0.231. The van der Waals surface area contributed by atoms with Gasteiger partial charge in [0.2, 0.25) is 5.88 Å². The maximum absolute atomic E-state index is 12.5. The summed E-state index contributed by atoms with van der Waals surface area (Å²) < 4.78 is 42.6. The minimum atomic E-state index is -4.37. The Morgan fingerprint density at radius 3 is 2.38 bits per heavy atom. The molecule has 0 saturated carbocycles. The van der Waals surface area contributed by atoms with Gasteiger partial charge >= 0.3 is 6.18 Å². The molecule has 1 atom stereocenters. The van der Waals surface area contributed by atoms with Crippen LogP contribution in [-0.4, -0.2) is 17.1 Å². The van der Waals surface area contributed by atoms with Crippen LogP contribution in [0.25, 0.3) is 0 Å². The van der Waals surface area contributed by atoms with Gasteiger partial charge in [-0.1, -0.05) is 12.1 Å². The second-order valence-corrected chi connectivity index (χ2v) is 4.20.